The highest BCUT2D eigenvalue weighted by atomic mass is 32.1. The Kier molecular flexibility index (Phi) is 18.2. The molecule has 0 amide bonds. The van der Waals surface area contributed by atoms with Crippen molar-refractivity contribution >= 4 is 17.7 Å². The SMILES string of the molecule is CC(=O)S.CCCCCCCCCC. The highest BCUT2D eigenvalue weighted by Crippen LogP contribution is 2.07. The van der Waals surface area contributed by atoms with Gasteiger partial charge in [0.1, 0.15) is 0 Å². The fourth-order valence-corrected chi connectivity index (χ4v) is 1.21. The van der Waals surface area contributed by atoms with E-state index in [0.717, 1.165) is 0 Å². The Morgan fingerprint density at radius 1 is 0.857 bits per heavy atom. The van der Waals surface area contributed by atoms with Gasteiger partial charge in [-0.15, -0.1) is 12.6 Å². The summed E-state index contributed by atoms with van der Waals surface area (Å²) in [5.74, 6) is 0. The van der Waals surface area contributed by atoms with Gasteiger partial charge < -0.3 is 0 Å². The van der Waals surface area contributed by atoms with Crippen molar-refractivity contribution in [1.29, 1.82) is 0 Å². The molecule has 0 bridgehead atoms. The summed E-state index contributed by atoms with van der Waals surface area (Å²) in [6.07, 6.45) is 11.5. The van der Waals surface area contributed by atoms with E-state index in [1.54, 1.807) is 0 Å². The van der Waals surface area contributed by atoms with Gasteiger partial charge in [0, 0.05) is 6.92 Å². The van der Waals surface area contributed by atoms with Crippen LogP contribution in [0.15, 0.2) is 0 Å². The predicted octanol–water partition coefficient (Wildman–Crippen LogP) is 4.61. The first-order valence-corrected chi connectivity index (χ1v) is 6.29. The molecule has 0 saturated heterocycles. The molecule has 0 radical (unpaired) electrons. The molecule has 0 spiro atoms. The summed E-state index contributed by atoms with van der Waals surface area (Å²) < 4.78 is 0. The maximum absolute atomic E-state index is 9.31. The molecule has 0 fully saturated rings. The van der Waals surface area contributed by atoms with Gasteiger partial charge in [-0.3, -0.25) is 4.79 Å². The standard InChI is InChI=1S/C10H22.C2H4OS/c1-3-5-7-9-10-8-6-4-2;1-2(3)4/h3-10H2,1-2H3;1H3,(H,3,4). The highest BCUT2D eigenvalue weighted by molar-refractivity contribution is 7.96. The number of carbonyl (C=O) groups excluding carboxylic acids is 1. The molecule has 0 aromatic heterocycles. The molecule has 14 heavy (non-hydrogen) atoms. The lowest BCUT2D eigenvalue weighted by Crippen LogP contribution is -1.77. The minimum Gasteiger partial charge on any atom is -0.288 e. The number of unbranched alkanes of at least 4 members (excludes halogenated alkanes) is 7. The van der Waals surface area contributed by atoms with E-state index in [4.69, 9.17) is 0 Å². The summed E-state index contributed by atoms with van der Waals surface area (Å²) in [6.45, 7) is 5.93. The quantitative estimate of drug-likeness (QED) is 0.488. The average molecular weight is 218 g/mol. The van der Waals surface area contributed by atoms with Crippen molar-refractivity contribution in [2.45, 2.75) is 72.1 Å². The molecule has 0 heterocycles. The third-order valence-corrected chi connectivity index (χ3v) is 1.96. The molecule has 86 valence electrons. The van der Waals surface area contributed by atoms with Gasteiger partial charge in [0.25, 0.3) is 0 Å². The van der Waals surface area contributed by atoms with Crippen molar-refractivity contribution in [2.75, 3.05) is 0 Å². The number of hydrogen-bond acceptors (Lipinski definition) is 1. The molecule has 0 aliphatic heterocycles. The van der Waals surface area contributed by atoms with Crippen LogP contribution < -0.4 is 0 Å². The Morgan fingerprint density at radius 2 is 1.07 bits per heavy atom. The number of carbonyl (C=O) groups is 1. The minimum atomic E-state index is -0.139. The van der Waals surface area contributed by atoms with Gasteiger partial charge in [0.15, 0.2) is 5.12 Å². The minimum absolute atomic E-state index is 0.139. The predicted molar refractivity (Wildman–Crippen MR) is 68.0 cm³/mol. The summed E-state index contributed by atoms with van der Waals surface area (Å²) >= 11 is 3.33. The topological polar surface area (TPSA) is 17.1 Å². The van der Waals surface area contributed by atoms with Gasteiger partial charge in [0.05, 0.1) is 0 Å². The highest BCUT2D eigenvalue weighted by Gasteiger charge is 1.87. The lowest BCUT2D eigenvalue weighted by Gasteiger charge is -1.97. The van der Waals surface area contributed by atoms with Crippen LogP contribution in [0.1, 0.15) is 72.1 Å². The second-order valence-electron chi connectivity index (χ2n) is 3.64. The van der Waals surface area contributed by atoms with Crippen molar-refractivity contribution in [2.24, 2.45) is 0 Å². The van der Waals surface area contributed by atoms with E-state index in [0.29, 0.717) is 0 Å². The number of thiol groups is 1. The van der Waals surface area contributed by atoms with Crippen LogP contribution in [0.2, 0.25) is 0 Å². The molecule has 0 aromatic rings. The Labute approximate surface area is 95.1 Å². The van der Waals surface area contributed by atoms with Gasteiger partial charge >= 0.3 is 0 Å². The third-order valence-electron chi connectivity index (χ3n) is 1.96. The fraction of sp³-hybridized carbons (Fsp3) is 0.917. The van der Waals surface area contributed by atoms with E-state index in [1.807, 2.05) is 0 Å². The molecule has 0 saturated carbocycles. The second-order valence-corrected chi connectivity index (χ2v) is 4.27. The van der Waals surface area contributed by atoms with Crippen molar-refractivity contribution < 1.29 is 4.79 Å². The zero-order valence-electron chi connectivity index (χ0n) is 10.0. The summed E-state index contributed by atoms with van der Waals surface area (Å²) in [5.41, 5.74) is 0. The Morgan fingerprint density at radius 3 is 1.29 bits per heavy atom. The van der Waals surface area contributed by atoms with Crippen LogP contribution in [-0.4, -0.2) is 5.12 Å². The van der Waals surface area contributed by atoms with E-state index in [9.17, 15) is 4.79 Å². The van der Waals surface area contributed by atoms with Gasteiger partial charge in [-0.2, -0.15) is 0 Å². The molecule has 2 heteroatoms. The van der Waals surface area contributed by atoms with E-state index in [2.05, 4.69) is 26.5 Å². The lowest BCUT2D eigenvalue weighted by molar-refractivity contribution is -0.108. The lowest BCUT2D eigenvalue weighted by atomic mass is 10.1. The molecule has 0 aliphatic rings. The van der Waals surface area contributed by atoms with E-state index >= 15 is 0 Å². The van der Waals surface area contributed by atoms with Crippen LogP contribution in [0, 0.1) is 0 Å². The van der Waals surface area contributed by atoms with E-state index in [1.165, 1.54) is 58.3 Å². The molecular formula is C12H26OS. The maximum atomic E-state index is 9.31. The average Bonchev–Trinajstić information content (AvgIpc) is 2.10. The van der Waals surface area contributed by atoms with Crippen LogP contribution in [0.5, 0.6) is 0 Å². The van der Waals surface area contributed by atoms with Gasteiger partial charge in [-0.25, -0.2) is 0 Å². The first kappa shape index (κ1) is 16.4. The molecular weight excluding hydrogens is 192 g/mol. The van der Waals surface area contributed by atoms with Crippen LogP contribution in [0.4, 0.5) is 0 Å². The van der Waals surface area contributed by atoms with Gasteiger partial charge in [0.2, 0.25) is 0 Å². The van der Waals surface area contributed by atoms with Gasteiger partial charge in [-0.1, -0.05) is 65.2 Å². The number of hydrogen-bond donors (Lipinski definition) is 1. The zero-order chi connectivity index (χ0) is 11.2. The van der Waals surface area contributed by atoms with Crippen LogP contribution in [0.3, 0.4) is 0 Å². The van der Waals surface area contributed by atoms with Crippen molar-refractivity contribution in [3.8, 4) is 0 Å². The Bertz CT molecular complexity index is 101. The first-order chi connectivity index (χ1) is 6.65. The first-order valence-electron chi connectivity index (χ1n) is 5.84. The summed E-state index contributed by atoms with van der Waals surface area (Å²) in [6, 6.07) is 0. The zero-order valence-corrected chi connectivity index (χ0v) is 10.9. The second kappa shape index (κ2) is 15.5. The maximum Gasteiger partial charge on any atom is 0.182 e. The molecule has 0 atom stereocenters. The Hall–Kier alpha value is 0.0200. The van der Waals surface area contributed by atoms with Crippen LogP contribution in [0.25, 0.3) is 0 Å². The van der Waals surface area contributed by atoms with E-state index in [-0.39, 0.29) is 5.12 Å². The molecule has 1 nitrogen and oxygen atoms in total. The van der Waals surface area contributed by atoms with Gasteiger partial charge in [-0.05, 0) is 0 Å². The normalized spacial score (nSPS) is 9.14. The van der Waals surface area contributed by atoms with Crippen molar-refractivity contribution in [3.63, 3.8) is 0 Å². The molecule has 0 N–H and O–H groups in total. The molecule has 0 aromatic carbocycles. The molecule has 0 unspecified atom stereocenters. The molecule has 0 aliphatic carbocycles. The van der Waals surface area contributed by atoms with Crippen molar-refractivity contribution in [1.82, 2.24) is 0 Å². The third kappa shape index (κ3) is 29.6. The fourth-order valence-electron chi connectivity index (χ4n) is 1.21. The smallest absolute Gasteiger partial charge is 0.182 e. The summed E-state index contributed by atoms with van der Waals surface area (Å²) in [5, 5.41) is -0.139. The van der Waals surface area contributed by atoms with Crippen molar-refractivity contribution in [3.05, 3.63) is 0 Å². The summed E-state index contributed by atoms with van der Waals surface area (Å²) in [7, 11) is 0. The monoisotopic (exact) mass is 218 g/mol. The largest absolute Gasteiger partial charge is 0.288 e. The van der Waals surface area contributed by atoms with Crippen LogP contribution >= 0.6 is 12.6 Å². The molecule has 0 rings (SSSR count). The Balaban J connectivity index is 0. The van der Waals surface area contributed by atoms with Crippen LogP contribution in [-0.2, 0) is 4.79 Å². The summed E-state index contributed by atoms with van der Waals surface area (Å²) in [4.78, 5) is 9.31. The van der Waals surface area contributed by atoms with E-state index < -0.39 is 0 Å². The number of rotatable bonds is 7.